The molecule has 3 rings (SSSR count). The van der Waals surface area contributed by atoms with Crippen LogP contribution in [0, 0.1) is 0 Å². The second kappa shape index (κ2) is 4.33. The molecule has 1 saturated heterocycles. The summed E-state index contributed by atoms with van der Waals surface area (Å²) in [6.07, 6.45) is 2.41. The van der Waals surface area contributed by atoms with Crippen molar-refractivity contribution in [2.75, 3.05) is 0 Å². The third-order valence-corrected chi connectivity index (χ3v) is 4.27. The number of aromatic nitrogens is 1. The van der Waals surface area contributed by atoms with Gasteiger partial charge in [-0.1, -0.05) is 0 Å². The van der Waals surface area contributed by atoms with E-state index >= 15 is 0 Å². The molecule has 0 bridgehead atoms. The Kier molecular flexibility index (Phi) is 2.80. The van der Waals surface area contributed by atoms with Gasteiger partial charge in [0.25, 0.3) is 0 Å². The van der Waals surface area contributed by atoms with E-state index in [1.165, 1.54) is 11.3 Å². The number of rotatable bonds is 2. The Morgan fingerprint density at radius 3 is 3.00 bits per heavy atom. The maximum Gasteiger partial charge on any atom is 0.335 e. The Bertz CT molecular complexity index is 607. The summed E-state index contributed by atoms with van der Waals surface area (Å²) in [5.41, 5.74) is 1.15. The van der Waals surface area contributed by atoms with Gasteiger partial charge in [0.2, 0.25) is 0 Å². The van der Waals surface area contributed by atoms with Gasteiger partial charge >= 0.3 is 5.97 Å². The van der Waals surface area contributed by atoms with E-state index in [1.54, 1.807) is 18.2 Å². The molecule has 0 aliphatic carbocycles. The first kappa shape index (κ1) is 11.6. The lowest BCUT2D eigenvalue weighted by Crippen LogP contribution is -2.00. The number of benzene rings is 1. The van der Waals surface area contributed by atoms with E-state index in [4.69, 9.17) is 9.84 Å². The van der Waals surface area contributed by atoms with Crippen LogP contribution in [0.25, 0.3) is 10.2 Å². The van der Waals surface area contributed by atoms with Gasteiger partial charge in [0, 0.05) is 0 Å². The topological polar surface area (TPSA) is 59.4 Å². The highest BCUT2D eigenvalue weighted by molar-refractivity contribution is 7.18. The van der Waals surface area contributed by atoms with Crippen LogP contribution in [0.3, 0.4) is 0 Å². The number of fused-ring (bicyclic) bond motifs is 1. The fourth-order valence-corrected chi connectivity index (χ4v) is 3.28. The monoisotopic (exact) mass is 263 g/mol. The summed E-state index contributed by atoms with van der Waals surface area (Å²) in [6, 6.07) is 5.03. The van der Waals surface area contributed by atoms with Crippen LogP contribution in [0.1, 0.15) is 41.2 Å². The van der Waals surface area contributed by atoms with Crippen LogP contribution in [0.5, 0.6) is 0 Å². The van der Waals surface area contributed by atoms with Crippen LogP contribution >= 0.6 is 11.3 Å². The van der Waals surface area contributed by atoms with Crippen LogP contribution in [0.4, 0.5) is 0 Å². The largest absolute Gasteiger partial charge is 0.478 e. The van der Waals surface area contributed by atoms with Crippen LogP contribution in [0.2, 0.25) is 0 Å². The molecule has 94 valence electrons. The van der Waals surface area contributed by atoms with Gasteiger partial charge in [-0.05, 0) is 38.0 Å². The molecule has 4 nitrogen and oxygen atoms in total. The molecule has 0 saturated carbocycles. The third kappa shape index (κ3) is 2.00. The zero-order chi connectivity index (χ0) is 12.7. The SMILES string of the molecule is CC1CCC(c2nc3ccc(C(=O)O)cc3s2)O1. The van der Waals surface area contributed by atoms with E-state index < -0.39 is 5.97 Å². The number of thiazole rings is 1. The summed E-state index contributed by atoms with van der Waals surface area (Å²) >= 11 is 1.53. The van der Waals surface area contributed by atoms with Gasteiger partial charge in [0.05, 0.1) is 21.9 Å². The number of aromatic carboxylic acids is 1. The van der Waals surface area contributed by atoms with Crippen molar-refractivity contribution in [1.29, 1.82) is 0 Å². The van der Waals surface area contributed by atoms with Crippen LogP contribution in [-0.4, -0.2) is 22.2 Å². The maximum absolute atomic E-state index is 10.9. The average molecular weight is 263 g/mol. The van der Waals surface area contributed by atoms with Crippen molar-refractivity contribution in [3.05, 3.63) is 28.8 Å². The maximum atomic E-state index is 10.9. The Morgan fingerprint density at radius 1 is 1.50 bits per heavy atom. The smallest absolute Gasteiger partial charge is 0.335 e. The number of carboxylic acid groups (broad SMARTS) is 1. The van der Waals surface area contributed by atoms with E-state index in [0.29, 0.717) is 5.56 Å². The molecule has 0 spiro atoms. The second-order valence-corrected chi connectivity index (χ2v) is 5.61. The molecule has 1 aliphatic heterocycles. The molecule has 2 heterocycles. The summed E-state index contributed by atoms with van der Waals surface area (Å²) in [5, 5.41) is 9.91. The van der Waals surface area contributed by atoms with E-state index in [-0.39, 0.29) is 12.2 Å². The zero-order valence-electron chi connectivity index (χ0n) is 9.92. The standard InChI is InChI=1S/C13H13NO3S/c1-7-2-5-10(17-7)12-14-9-4-3-8(13(15)16)6-11(9)18-12/h3-4,6-7,10H,2,5H2,1H3,(H,15,16). The molecule has 1 aromatic heterocycles. The number of hydrogen-bond acceptors (Lipinski definition) is 4. The Balaban J connectivity index is 1.98. The molecule has 1 fully saturated rings. The highest BCUT2D eigenvalue weighted by Gasteiger charge is 2.26. The molecule has 2 aromatic rings. The van der Waals surface area contributed by atoms with Gasteiger partial charge < -0.3 is 9.84 Å². The number of nitrogens with zero attached hydrogens (tertiary/aromatic N) is 1. The molecule has 1 aliphatic rings. The van der Waals surface area contributed by atoms with E-state index in [1.807, 2.05) is 0 Å². The normalized spacial score (nSPS) is 23.6. The molecular formula is C13H13NO3S. The third-order valence-electron chi connectivity index (χ3n) is 3.16. The van der Waals surface area contributed by atoms with Crippen molar-refractivity contribution in [3.63, 3.8) is 0 Å². The van der Waals surface area contributed by atoms with Gasteiger partial charge in [0.15, 0.2) is 0 Å². The lowest BCUT2D eigenvalue weighted by Gasteiger charge is -2.06. The van der Waals surface area contributed by atoms with Crippen molar-refractivity contribution < 1.29 is 14.6 Å². The molecule has 2 atom stereocenters. The lowest BCUT2D eigenvalue weighted by atomic mass is 10.2. The van der Waals surface area contributed by atoms with Crippen molar-refractivity contribution in [2.24, 2.45) is 0 Å². The number of ether oxygens (including phenoxy) is 1. The zero-order valence-corrected chi connectivity index (χ0v) is 10.7. The van der Waals surface area contributed by atoms with Gasteiger partial charge in [0.1, 0.15) is 11.1 Å². The second-order valence-electron chi connectivity index (χ2n) is 4.55. The molecular weight excluding hydrogens is 250 g/mol. The summed E-state index contributed by atoms with van der Waals surface area (Å²) in [6.45, 7) is 2.07. The van der Waals surface area contributed by atoms with Crippen LogP contribution < -0.4 is 0 Å². The van der Waals surface area contributed by atoms with Gasteiger partial charge in [-0.15, -0.1) is 11.3 Å². The van der Waals surface area contributed by atoms with Crippen molar-refractivity contribution >= 4 is 27.5 Å². The summed E-state index contributed by atoms with van der Waals surface area (Å²) < 4.78 is 6.70. The first-order valence-electron chi connectivity index (χ1n) is 5.93. The first-order valence-corrected chi connectivity index (χ1v) is 6.74. The van der Waals surface area contributed by atoms with E-state index in [9.17, 15) is 4.79 Å². The summed E-state index contributed by atoms with van der Waals surface area (Å²) in [5.74, 6) is -0.905. The van der Waals surface area contributed by atoms with Crippen LogP contribution in [-0.2, 0) is 4.74 Å². The predicted molar refractivity (Wildman–Crippen MR) is 69.1 cm³/mol. The van der Waals surface area contributed by atoms with Crippen LogP contribution in [0.15, 0.2) is 18.2 Å². The van der Waals surface area contributed by atoms with Gasteiger partial charge in [-0.3, -0.25) is 0 Å². The molecule has 5 heteroatoms. The molecule has 18 heavy (non-hydrogen) atoms. The van der Waals surface area contributed by atoms with Crippen molar-refractivity contribution in [3.8, 4) is 0 Å². The molecule has 2 unspecified atom stereocenters. The lowest BCUT2D eigenvalue weighted by molar-refractivity contribution is 0.0555. The Hall–Kier alpha value is -1.46. The molecule has 1 aromatic carbocycles. The predicted octanol–water partition coefficient (Wildman–Crippen LogP) is 3.23. The number of carbonyl (C=O) groups is 1. The number of carboxylic acids is 1. The van der Waals surface area contributed by atoms with E-state index in [2.05, 4.69) is 11.9 Å². The fourth-order valence-electron chi connectivity index (χ4n) is 2.20. The van der Waals surface area contributed by atoms with Gasteiger partial charge in [-0.2, -0.15) is 0 Å². The molecule has 0 radical (unpaired) electrons. The quantitative estimate of drug-likeness (QED) is 0.903. The number of hydrogen-bond donors (Lipinski definition) is 1. The fraction of sp³-hybridized carbons (Fsp3) is 0.385. The summed E-state index contributed by atoms with van der Waals surface area (Å²) in [7, 11) is 0. The highest BCUT2D eigenvalue weighted by atomic mass is 32.1. The molecule has 0 amide bonds. The Morgan fingerprint density at radius 2 is 2.33 bits per heavy atom. The minimum absolute atomic E-state index is 0.0747. The minimum atomic E-state index is -0.905. The average Bonchev–Trinajstić information content (AvgIpc) is 2.93. The van der Waals surface area contributed by atoms with E-state index in [0.717, 1.165) is 28.1 Å². The summed E-state index contributed by atoms with van der Waals surface area (Å²) in [4.78, 5) is 15.4. The van der Waals surface area contributed by atoms with Gasteiger partial charge in [-0.25, -0.2) is 9.78 Å². The Labute approximate surface area is 108 Å². The minimum Gasteiger partial charge on any atom is -0.478 e. The van der Waals surface area contributed by atoms with Crippen molar-refractivity contribution in [1.82, 2.24) is 4.98 Å². The van der Waals surface area contributed by atoms with Crippen molar-refractivity contribution in [2.45, 2.75) is 32.0 Å². The first-order chi connectivity index (χ1) is 8.63. The molecule has 1 N–H and O–H groups in total. The highest BCUT2D eigenvalue weighted by Crippen LogP contribution is 2.36.